The van der Waals surface area contributed by atoms with E-state index in [9.17, 15) is 9.59 Å². The molecule has 27 heavy (non-hydrogen) atoms. The van der Waals surface area contributed by atoms with Crippen LogP contribution in [-0.2, 0) is 0 Å². The van der Waals surface area contributed by atoms with Crippen molar-refractivity contribution in [2.75, 3.05) is 33.7 Å². The molecule has 1 saturated heterocycles. The zero-order valence-electron chi connectivity index (χ0n) is 16.2. The van der Waals surface area contributed by atoms with Crippen LogP contribution in [0.25, 0.3) is 5.69 Å². The number of hydrogen-bond acceptors (Lipinski definition) is 3. The second kappa shape index (κ2) is 8.24. The lowest BCUT2D eigenvalue weighted by molar-refractivity contribution is 0.0953. The van der Waals surface area contributed by atoms with Gasteiger partial charge >= 0.3 is 6.03 Å². The average molecular weight is 369 g/mol. The minimum atomic E-state index is -0.120. The van der Waals surface area contributed by atoms with Gasteiger partial charge in [-0.15, -0.1) is 0 Å². The highest BCUT2D eigenvalue weighted by Crippen LogP contribution is 2.29. The van der Waals surface area contributed by atoms with Crippen LogP contribution in [0.1, 0.15) is 41.7 Å². The van der Waals surface area contributed by atoms with E-state index in [4.69, 9.17) is 5.10 Å². The third-order valence-corrected chi connectivity index (χ3v) is 4.81. The summed E-state index contributed by atoms with van der Waals surface area (Å²) in [6.07, 6.45) is 3.61. The van der Waals surface area contributed by atoms with Gasteiger partial charge in [0.15, 0.2) is 0 Å². The first-order valence-corrected chi connectivity index (χ1v) is 9.40. The van der Waals surface area contributed by atoms with E-state index < -0.39 is 0 Å². The Bertz CT molecular complexity index is 800. The highest BCUT2D eigenvalue weighted by molar-refractivity contribution is 5.95. The van der Waals surface area contributed by atoms with E-state index in [-0.39, 0.29) is 17.9 Å². The van der Waals surface area contributed by atoms with Gasteiger partial charge < -0.3 is 15.1 Å². The molecule has 3 rings (SSSR count). The first-order chi connectivity index (χ1) is 13.0. The quantitative estimate of drug-likeness (QED) is 0.900. The van der Waals surface area contributed by atoms with Gasteiger partial charge in [-0.1, -0.05) is 18.2 Å². The molecule has 1 aromatic carbocycles. The number of hydrogen-bond donors (Lipinski definition) is 1. The SMILES string of the molecule is CCNC(=O)c1cn(-c2ccccc2)nc1[C@H]1CCCN(C(=O)N(C)C)C1. The van der Waals surface area contributed by atoms with Crippen molar-refractivity contribution < 1.29 is 9.59 Å². The fourth-order valence-corrected chi connectivity index (χ4v) is 3.49. The summed E-state index contributed by atoms with van der Waals surface area (Å²) < 4.78 is 1.76. The van der Waals surface area contributed by atoms with E-state index in [2.05, 4.69) is 5.32 Å². The number of nitrogens with one attached hydrogen (secondary N) is 1. The van der Waals surface area contributed by atoms with Crippen molar-refractivity contribution in [1.82, 2.24) is 24.9 Å². The molecule has 3 amide bonds. The van der Waals surface area contributed by atoms with Crippen LogP contribution in [-0.4, -0.2) is 65.2 Å². The molecule has 0 spiro atoms. The smallest absolute Gasteiger partial charge is 0.319 e. The van der Waals surface area contributed by atoms with Crippen LogP contribution in [0, 0.1) is 0 Å². The molecule has 2 heterocycles. The fourth-order valence-electron chi connectivity index (χ4n) is 3.49. The van der Waals surface area contributed by atoms with Gasteiger partial charge in [-0.25, -0.2) is 9.48 Å². The zero-order valence-corrected chi connectivity index (χ0v) is 16.2. The molecule has 0 radical (unpaired) electrons. The summed E-state index contributed by atoms with van der Waals surface area (Å²) in [5.41, 5.74) is 2.26. The van der Waals surface area contributed by atoms with E-state index >= 15 is 0 Å². The summed E-state index contributed by atoms with van der Waals surface area (Å²) in [5, 5.41) is 7.63. The van der Waals surface area contributed by atoms with Crippen LogP contribution in [0.3, 0.4) is 0 Å². The Balaban J connectivity index is 1.94. The topological polar surface area (TPSA) is 70.5 Å². The predicted octanol–water partition coefficient (Wildman–Crippen LogP) is 2.48. The van der Waals surface area contributed by atoms with Crippen molar-refractivity contribution in [1.29, 1.82) is 0 Å². The Morgan fingerprint density at radius 3 is 2.67 bits per heavy atom. The molecule has 1 aromatic heterocycles. The lowest BCUT2D eigenvalue weighted by Gasteiger charge is -2.34. The van der Waals surface area contributed by atoms with Gasteiger partial charge in [-0.2, -0.15) is 5.10 Å². The minimum absolute atomic E-state index is 0.00162. The molecule has 0 aliphatic carbocycles. The second-order valence-electron chi connectivity index (χ2n) is 7.03. The van der Waals surface area contributed by atoms with Crippen molar-refractivity contribution in [3.63, 3.8) is 0 Å². The van der Waals surface area contributed by atoms with Crippen LogP contribution in [0.4, 0.5) is 4.79 Å². The van der Waals surface area contributed by atoms with E-state index in [1.54, 1.807) is 29.9 Å². The standard InChI is InChI=1S/C20H27N5O2/c1-4-21-19(26)17-14-25(16-10-6-5-7-11-16)22-18(17)15-9-8-12-24(13-15)20(27)23(2)3/h5-7,10-11,14-15H,4,8-9,12-13H2,1-3H3,(H,21,26)/t15-/m0/s1. The maximum Gasteiger partial charge on any atom is 0.319 e. The molecule has 7 nitrogen and oxygen atoms in total. The Labute approximate surface area is 159 Å². The van der Waals surface area contributed by atoms with Crippen LogP contribution in [0.2, 0.25) is 0 Å². The number of carbonyl (C=O) groups excluding carboxylic acids is 2. The van der Waals surface area contributed by atoms with E-state index in [1.165, 1.54) is 0 Å². The maximum atomic E-state index is 12.6. The third-order valence-electron chi connectivity index (χ3n) is 4.81. The van der Waals surface area contributed by atoms with Gasteiger partial charge in [0.1, 0.15) is 0 Å². The first-order valence-electron chi connectivity index (χ1n) is 9.40. The summed E-state index contributed by atoms with van der Waals surface area (Å²) in [4.78, 5) is 28.4. The molecule has 0 saturated carbocycles. The molecule has 1 atom stereocenters. The molecule has 1 fully saturated rings. The summed E-state index contributed by atoms with van der Waals surface area (Å²) >= 11 is 0. The number of rotatable bonds is 4. The van der Waals surface area contributed by atoms with E-state index in [0.29, 0.717) is 18.7 Å². The minimum Gasteiger partial charge on any atom is -0.352 e. The number of piperidine rings is 1. The van der Waals surface area contributed by atoms with Crippen molar-refractivity contribution in [3.05, 3.63) is 47.8 Å². The Hall–Kier alpha value is -2.83. The number of aromatic nitrogens is 2. The van der Waals surface area contributed by atoms with E-state index in [0.717, 1.165) is 30.8 Å². The molecule has 1 N–H and O–H groups in total. The second-order valence-corrected chi connectivity index (χ2v) is 7.03. The molecule has 2 aromatic rings. The summed E-state index contributed by atoms with van der Waals surface area (Å²) in [5.74, 6) is -0.0732. The van der Waals surface area contributed by atoms with Gasteiger partial charge in [-0.05, 0) is 31.9 Å². The number of benzene rings is 1. The highest BCUT2D eigenvalue weighted by Gasteiger charge is 2.30. The number of urea groups is 1. The summed E-state index contributed by atoms with van der Waals surface area (Å²) in [6, 6.07) is 9.76. The molecular weight excluding hydrogens is 342 g/mol. The van der Waals surface area contributed by atoms with Gasteiger partial charge in [0, 0.05) is 45.8 Å². The highest BCUT2D eigenvalue weighted by atomic mass is 16.2. The first kappa shape index (κ1) is 18.9. The monoisotopic (exact) mass is 369 g/mol. The Morgan fingerprint density at radius 2 is 2.00 bits per heavy atom. The number of amides is 3. The van der Waals surface area contributed by atoms with Gasteiger partial charge in [-0.3, -0.25) is 4.79 Å². The number of para-hydroxylation sites is 1. The lowest BCUT2D eigenvalue weighted by Crippen LogP contribution is -2.44. The average Bonchev–Trinajstić information content (AvgIpc) is 3.14. The molecule has 144 valence electrons. The van der Waals surface area contributed by atoms with Crippen molar-refractivity contribution in [3.8, 4) is 5.69 Å². The third kappa shape index (κ3) is 4.13. The van der Waals surface area contributed by atoms with Crippen molar-refractivity contribution >= 4 is 11.9 Å². The van der Waals surface area contributed by atoms with Gasteiger partial charge in [0.2, 0.25) is 0 Å². The normalized spacial score (nSPS) is 16.9. The molecule has 1 aliphatic heterocycles. The largest absolute Gasteiger partial charge is 0.352 e. The van der Waals surface area contributed by atoms with Crippen LogP contribution in [0.5, 0.6) is 0 Å². The summed E-state index contributed by atoms with van der Waals surface area (Å²) in [7, 11) is 3.52. The predicted molar refractivity (Wildman–Crippen MR) is 104 cm³/mol. The number of carbonyl (C=O) groups is 2. The Kier molecular flexibility index (Phi) is 5.78. The molecule has 1 aliphatic rings. The van der Waals surface area contributed by atoms with Crippen LogP contribution < -0.4 is 5.32 Å². The number of likely N-dealkylation sites (tertiary alicyclic amines) is 1. The van der Waals surface area contributed by atoms with Gasteiger partial charge in [0.05, 0.1) is 16.9 Å². The number of nitrogens with zero attached hydrogens (tertiary/aromatic N) is 4. The molecule has 0 unspecified atom stereocenters. The fraction of sp³-hybridized carbons (Fsp3) is 0.450. The zero-order chi connectivity index (χ0) is 19.4. The van der Waals surface area contributed by atoms with E-state index in [1.807, 2.05) is 42.2 Å². The van der Waals surface area contributed by atoms with Crippen molar-refractivity contribution in [2.45, 2.75) is 25.7 Å². The molecular formula is C20H27N5O2. The van der Waals surface area contributed by atoms with Crippen LogP contribution in [0.15, 0.2) is 36.5 Å². The molecule has 0 bridgehead atoms. The molecule has 7 heteroatoms. The van der Waals surface area contributed by atoms with Crippen molar-refractivity contribution in [2.24, 2.45) is 0 Å². The van der Waals surface area contributed by atoms with Crippen LogP contribution >= 0.6 is 0 Å². The Morgan fingerprint density at radius 1 is 1.26 bits per heavy atom. The summed E-state index contributed by atoms with van der Waals surface area (Å²) in [6.45, 7) is 3.78. The maximum absolute atomic E-state index is 12.6. The lowest BCUT2D eigenvalue weighted by atomic mass is 9.92. The van der Waals surface area contributed by atoms with Gasteiger partial charge in [0.25, 0.3) is 5.91 Å².